The first-order valence-electron chi connectivity index (χ1n) is 3.56. The van der Waals surface area contributed by atoms with E-state index in [9.17, 15) is 5.11 Å². The maximum Gasteiger partial charge on any atom is 0.185 e. The van der Waals surface area contributed by atoms with Gasteiger partial charge in [-0.25, -0.2) is 4.98 Å². The molecule has 0 aliphatic heterocycles. The fourth-order valence-electron chi connectivity index (χ4n) is 1.17. The Bertz CT molecular complexity index is 434. The molecule has 12 heavy (non-hydrogen) atoms. The van der Waals surface area contributed by atoms with Crippen LogP contribution in [0.1, 0.15) is 5.82 Å². The summed E-state index contributed by atoms with van der Waals surface area (Å²) in [6.07, 6.45) is 0. The molecule has 0 unspecified atom stereocenters. The van der Waals surface area contributed by atoms with Crippen LogP contribution in [-0.2, 0) is 0 Å². The number of hydrogen-bond acceptors (Lipinski definition) is 3. The number of rotatable bonds is 0. The number of H-pyrrole nitrogens is 1. The minimum absolute atomic E-state index is 0.144. The van der Waals surface area contributed by atoms with Gasteiger partial charge in [-0.15, -0.1) is 0 Å². The SMILES string of the molecule is Cc1nc2c(O)c(O)ccc2[nH]1. The second-order valence-electron chi connectivity index (χ2n) is 2.65. The van der Waals surface area contributed by atoms with E-state index in [1.54, 1.807) is 13.0 Å². The largest absolute Gasteiger partial charge is 0.504 e. The quantitative estimate of drug-likeness (QED) is 0.514. The lowest BCUT2D eigenvalue weighted by Gasteiger charge is -1.95. The average molecular weight is 164 g/mol. The lowest BCUT2D eigenvalue weighted by molar-refractivity contribution is 0.407. The minimum atomic E-state index is -0.170. The number of benzene rings is 1. The molecule has 2 aromatic rings. The molecule has 1 aromatic carbocycles. The summed E-state index contributed by atoms with van der Waals surface area (Å²) < 4.78 is 0. The summed E-state index contributed by atoms with van der Waals surface area (Å²) in [4.78, 5) is 6.95. The lowest BCUT2D eigenvalue weighted by Crippen LogP contribution is -1.72. The molecular formula is C8H8N2O2. The van der Waals surface area contributed by atoms with Gasteiger partial charge in [-0.3, -0.25) is 0 Å². The van der Waals surface area contributed by atoms with Gasteiger partial charge in [0, 0.05) is 0 Å². The van der Waals surface area contributed by atoms with Gasteiger partial charge in [-0.05, 0) is 19.1 Å². The zero-order valence-electron chi connectivity index (χ0n) is 6.50. The maximum atomic E-state index is 9.34. The van der Waals surface area contributed by atoms with Crippen LogP contribution in [0.5, 0.6) is 11.5 Å². The highest BCUT2D eigenvalue weighted by Crippen LogP contribution is 2.31. The Morgan fingerprint density at radius 1 is 1.33 bits per heavy atom. The van der Waals surface area contributed by atoms with Crippen molar-refractivity contribution in [2.45, 2.75) is 6.92 Å². The molecule has 0 saturated heterocycles. The molecule has 0 fully saturated rings. The number of aromatic amines is 1. The van der Waals surface area contributed by atoms with E-state index in [-0.39, 0.29) is 11.5 Å². The van der Waals surface area contributed by atoms with Crippen LogP contribution in [0.25, 0.3) is 11.0 Å². The number of aryl methyl sites for hydroxylation is 1. The fourth-order valence-corrected chi connectivity index (χ4v) is 1.17. The molecule has 0 atom stereocenters. The third-order valence-corrected chi connectivity index (χ3v) is 1.72. The van der Waals surface area contributed by atoms with E-state index < -0.39 is 0 Å². The number of aromatic nitrogens is 2. The summed E-state index contributed by atoms with van der Waals surface area (Å²) in [7, 11) is 0. The van der Waals surface area contributed by atoms with E-state index in [0.717, 1.165) is 5.52 Å². The standard InChI is InChI=1S/C8H8N2O2/c1-4-9-5-2-3-6(11)8(12)7(5)10-4/h2-3,11-12H,1H3,(H,9,10). The predicted octanol–water partition coefficient (Wildman–Crippen LogP) is 1.28. The Hall–Kier alpha value is -1.71. The molecule has 0 radical (unpaired) electrons. The van der Waals surface area contributed by atoms with Crippen molar-refractivity contribution in [1.29, 1.82) is 0 Å². The van der Waals surface area contributed by atoms with Crippen molar-refractivity contribution in [3.63, 3.8) is 0 Å². The normalized spacial score (nSPS) is 10.8. The molecule has 2 rings (SSSR count). The first-order chi connectivity index (χ1) is 5.68. The number of nitrogens with one attached hydrogen (secondary N) is 1. The first-order valence-corrected chi connectivity index (χ1v) is 3.56. The summed E-state index contributed by atoms with van der Waals surface area (Å²) >= 11 is 0. The number of phenols is 2. The van der Waals surface area contributed by atoms with Crippen molar-refractivity contribution in [2.24, 2.45) is 0 Å². The first kappa shape index (κ1) is 6.97. The molecule has 0 aliphatic rings. The fraction of sp³-hybridized carbons (Fsp3) is 0.125. The Morgan fingerprint density at radius 3 is 2.83 bits per heavy atom. The molecular weight excluding hydrogens is 156 g/mol. The topological polar surface area (TPSA) is 69.1 Å². The zero-order chi connectivity index (χ0) is 8.72. The van der Waals surface area contributed by atoms with Crippen LogP contribution in [0.4, 0.5) is 0 Å². The van der Waals surface area contributed by atoms with Gasteiger partial charge in [0.05, 0.1) is 5.52 Å². The molecule has 4 heteroatoms. The van der Waals surface area contributed by atoms with Crippen LogP contribution in [0.2, 0.25) is 0 Å². The number of aromatic hydroxyl groups is 2. The van der Waals surface area contributed by atoms with Gasteiger partial charge < -0.3 is 15.2 Å². The molecule has 4 nitrogen and oxygen atoms in total. The highest BCUT2D eigenvalue weighted by atomic mass is 16.3. The highest BCUT2D eigenvalue weighted by molar-refractivity contribution is 5.84. The Morgan fingerprint density at radius 2 is 2.08 bits per heavy atom. The van der Waals surface area contributed by atoms with E-state index in [1.165, 1.54) is 6.07 Å². The van der Waals surface area contributed by atoms with Crippen molar-refractivity contribution in [1.82, 2.24) is 9.97 Å². The Kier molecular flexibility index (Phi) is 1.24. The summed E-state index contributed by atoms with van der Waals surface area (Å²) in [5.74, 6) is 0.400. The molecule has 0 saturated carbocycles. The van der Waals surface area contributed by atoms with Crippen molar-refractivity contribution >= 4 is 11.0 Å². The van der Waals surface area contributed by atoms with Gasteiger partial charge in [0.25, 0.3) is 0 Å². The summed E-state index contributed by atoms with van der Waals surface area (Å²) in [5, 5.41) is 18.5. The number of hydrogen-bond donors (Lipinski definition) is 3. The summed E-state index contributed by atoms with van der Waals surface area (Å²) in [6.45, 7) is 1.79. The Labute approximate surface area is 68.5 Å². The van der Waals surface area contributed by atoms with Crippen molar-refractivity contribution < 1.29 is 10.2 Å². The van der Waals surface area contributed by atoms with Crippen LogP contribution in [0.15, 0.2) is 12.1 Å². The van der Waals surface area contributed by atoms with Crippen molar-refractivity contribution in [2.75, 3.05) is 0 Å². The van der Waals surface area contributed by atoms with Gasteiger partial charge >= 0.3 is 0 Å². The molecule has 0 aliphatic carbocycles. The Balaban J connectivity index is 2.89. The van der Waals surface area contributed by atoms with Crippen LogP contribution >= 0.6 is 0 Å². The van der Waals surface area contributed by atoms with E-state index in [4.69, 9.17) is 5.11 Å². The molecule has 0 amide bonds. The maximum absolute atomic E-state index is 9.34. The third-order valence-electron chi connectivity index (χ3n) is 1.72. The van der Waals surface area contributed by atoms with Crippen LogP contribution in [0, 0.1) is 6.92 Å². The minimum Gasteiger partial charge on any atom is -0.504 e. The van der Waals surface area contributed by atoms with Gasteiger partial charge in [-0.1, -0.05) is 0 Å². The number of nitrogens with zero attached hydrogens (tertiary/aromatic N) is 1. The average Bonchev–Trinajstić information content (AvgIpc) is 2.39. The van der Waals surface area contributed by atoms with E-state index in [2.05, 4.69) is 9.97 Å². The molecule has 62 valence electrons. The molecule has 0 bridgehead atoms. The molecule has 0 spiro atoms. The lowest BCUT2D eigenvalue weighted by atomic mass is 10.3. The van der Waals surface area contributed by atoms with Crippen molar-refractivity contribution in [3.8, 4) is 11.5 Å². The van der Waals surface area contributed by atoms with Gasteiger partial charge in [0.1, 0.15) is 11.3 Å². The van der Waals surface area contributed by atoms with Crippen LogP contribution in [-0.4, -0.2) is 20.2 Å². The number of fused-ring (bicyclic) bond motifs is 1. The summed E-state index contributed by atoms with van der Waals surface area (Å²) in [5.41, 5.74) is 1.13. The molecule has 3 N–H and O–H groups in total. The highest BCUT2D eigenvalue weighted by Gasteiger charge is 2.07. The second kappa shape index (κ2) is 2.14. The molecule has 1 heterocycles. The monoisotopic (exact) mass is 164 g/mol. The number of phenolic OH excluding ortho intramolecular Hbond substituents is 2. The van der Waals surface area contributed by atoms with Gasteiger partial charge in [0.15, 0.2) is 11.5 Å². The van der Waals surface area contributed by atoms with Crippen LogP contribution in [0.3, 0.4) is 0 Å². The predicted molar refractivity (Wildman–Crippen MR) is 44.2 cm³/mol. The van der Waals surface area contributed by atoms with E-state index in [0.29, 0.717) is 11.3 Å². The second-order valence-corrected chi connectivity index (χ2v) is 2.65. The molecule has 1 aromatic heterocycles. The zero-order valence-corrected chi connectivity index (χ0v) is 6.50. The van der Waals surface area contributed by atoms with E-state index >= 15 is 0 Å². The smallest absolute Gasteiger partial charge is 0.185 e. The third kappa shape index (κ3) is 0.812. The van der Waals surface area contributed by atoms with Gasteiger partial charge in [-0.2, -0.15) is 0 Å². The van der Waals surface area contributed by atoms with Crippen molar-refractivity contribution in [3.05, 3.63) is 18.0 Å². The number of imidazole rings is 1. The van der Waals surface area contributed by atoms with Gasteiger partial charge in [0.2, 0.25) is 0 Å². The van der Waals surface area contributed by atoms with E-state index in [1.807, 2.05) is 0 Å². The van der Waals surface area contributed by atoms with Crippen LogP contribution < -0.4 is 0 Å². The summed E-state index contributed by atoms with van der Waals surface area (Å²) in [6, 6.07) is 3.10.